The number of hydrogen-bond donors (Lipinski definition) is 3. The molecular weight excluding hydrogens is 693 g/mol. The van der Waals surface area contributed by atoms with Crippen LogP contribution in [0.3, 0.4) is 0 Å². The predicted molar refractivity (Wildman–Crippen MR) is 217 cm³/mol. The second-order valence-electron chi connectivity index (χ2n) is 14.5. The highest BCUT2D eigenvalue weighted by Crippen LogP contribution is 2.43. The van der Waals surface area contributed by atoms with Gasteiger partial charge in [0.15, 0.2) is 0 Å². The molecular formula is C42H80NO9P. The number of carboxylic acid groups (broad SMARTS) is 1. The van der Waals surface area contributed by atoms with Crippen molar-refractivity contribution >= 4 is 19.8 Å². The number of ether oxygens (including phenoxy) is 2. The highest BCUT2D eigenvalue weighted by atomic mass is 31.2. The van der Waals surface area contributed by atoms with Crippen LogP contribution >= 0.6 is 7.82 Å². The summed E-state index contributed by atoms with van der Waals surface area (Å²) in [6.45, 7) is 3.86. The minimum atomic E-state index is -4.61. The molecule has 0 fully saturated rings. The zero-order valence-corrected chi connectivity index (χ0v) is 34.8. The van der Waals surface area contributed by atoms with E-state index in [-0.39, 0.29) is 13.0 Å². The lowest BCUT2D eigenvalue weighted by atomic mass is 10.1. The Labute approximate surface area is 324 Å². The van der Waals surface area contributed by atoms with Crippen LogP contribution in [0, 0.1) is 0 Å². The van der Waals surface area contributed by atoms with Crippen LogP contribution in [0.25, 0.3) is 0 Å². The lowest BCUT2D eigenvalue weighted by Gasteiger charge is -2.20. The Bertz CT molecular complexity index is 946. The highest BCUT2D eigenvalue weighted by Gasteiger charge is 2.27. The zero-order valence-electron chi connectivity index (χ0n) is 33.9. The number of phosphoric acid groups is 1. The molecule has 0 amide bonds. The summed E-state index contributed by atoms with van der Waals surface area (Å²) < 4.78 is 33.3. The number of carbonyl (C=O) groups excluding carboxylic acids is 1. The smallest absolute Gasteiger partial charge is 0.472 e. The summed E-state index contributed by atoms with van der Waals surface area (Å²) in [6.07, 6.45) is 40.8. The van der Waals surface area contributed by atoms with Crippen molar-refractivity contribution in [2.45, 2.75) is 206 Å². The molecule has 0 heterocycles. The van der Waals surface area contributed by atoms with Crippen molar-refractivity contribution in [3.8, 4) is 0 Å². The number of phosphoric ester groups is 1. The first-order valence-electron chi connectivity index (χ1n) is 21.4. The first kappa shape index (κ1) is 51.5. The third-order valence-corrected chi connectivity index (χ3v) is 10.2. The predicted octanol–water partition coefficient (Wildman–Crippen LogP) is 11.5. The van der Waals surface area contributed by atoms with Gasteiger partial charge in [-0.05, 0) is 64.2 Å². The quantitative estimate of drug-likeness (QED) is 0.0237. The normalized spacial score (nSPS) is 14.2. The van der Waals surface area contributed by atoms with E-state index in [4.69, 9.17) is 29.4 Å². The molecule has 0 radical (unpaired) electrons. The number of nitrogens with two attached hydrogens (primary N) is 1. The van der Waals surface area contributed by atoms with Crippen molar-refractivity contribution in [3.63, 3.8) is 0 Å². The van der Waals surface area contributed by atoms with Crippen LogP contribution in [-0.2, 0) is 32.7 Å². The monoisotopic (exact) mass is 774 g/mol. The number of allylic oxidation sites excluding steroid dienone is 4. The van der Waals surface area contributed by atoms with Crippen LogP contribution < -0.4 is 5.73 Å². The fraction of sp³-hybridized carbons (Fsp3) is 0.857. The molecule has 0 rings (SSSR count). The van der Waals surface area contributed by atoms with E-state index in [1.807, 2.05) is 0 Å². The number of carbonyl (C=O) groups is 2. The van der Waals surface area contributed by atoms with Gasteiger partial charge >= 0.3 is 19.8 Å². The summed E-state index contributed by atoms with van der Waals surface area (Å²) >= 11 is 0. The van der Waals surface area contributed by atoms with E-state index in [0.29, 0.717) is 13.0 Å². The van der Waals surface area contributed by atoms with E-state index >= 15 is 0 Å². The topological polar surface area (TPSA) is 155 Å². The maximum atomic E-state index is 12.6. The van der Waals surface area contributed by atoms with E-state index in [1.54, 1.807) is 0 Å². The van der Waals surface area contributed by atoms with E-state index in [9.17, 15) is 19.0 Å². The minimum Gasteiger partial charge on any atom is -0.480 e. The molecule has 53 heavy (non-hydrogen) atoms. The summed E-state index contributed by atoms with van der Waals surface area (Å²) in [5.74, 6) is -1.79. The van der Waals surface area contributed by atoms with Gasteiger partial charge in [0.1, 0.15) is 12.1 Å². The molecule has 0 spiro atoms. The third kappa shape index (κ3) is 38.5. The Balaban J connectivity index is 4.26. The van der Waals surface area contributed by atoms with Crippen molar-refractivity contribution in [1.29, 1.82) is 0 Å². The second-order valence-corrected chi connectivity index (χ2v) is 15.9. The molecule has 0 aliphatic heterocycles. The summed E-state index contributed by atoms with van der Waals surface area (Å²) in [5.41, 5.74) is 5.35. The van der Waals surface area contributed by atoms with E-state index in [1.165, 1.54) is 109 Å². The summed E-state index contributed by atoms with van der Waals surface area (Å²) in [5, 5.41) is 8.88. The Morgan fingerprint density at radius 2 is 0.981 bits per heavy atom. The lowest BCUT2D eigenvalue weighted by Crippen LogP contribution is -2.34. The minimum absolute atomic E-state index is 0.0117. The largest absolute Gasteiger partial charge is 0.480 e. The Hall–Kier alpha value is -1.55. The maximum absolute atomic E-state index is 12.6. The second kappa shape index (κ2) is 38.7. The summed E-state index contributed by atoms with van der Waals surface area (Å²) in [7, 11) is -4.61. The zero-order chi connectivity index (χ0) is 39.1. The van der Waals surface area contributed by atoms with Gasteiger partial charge in [-0.15, -0.1) is 0 Å². The first-order valence-corrected chi connectivity index (χ1v) is 22.9. The van der Waals surface area contributed by atoms with Gasteiger partial charge in [0, 0.05) is 13.0 Å². The van der Waals surface area contributed by atoms with Gasteiger partial charge in [0.2, 0.25) is 0 Å². The third-order valence-electron chi connectivity index (χ3n) is 9.20. The van der Waals surface area contributed by atoms with Crippen molar-refractivity contribution in [3.05, 3.63) is 24.3 Å². The van der Waals surface area contributed by atoms with Gasteiger partial charge in [0.25, 0.3) is 0 Å². The summed E-state index contributed by atoms with van der Waals surface area (Å²) in [4.78, 5) is 33.5. The Morgan fingerprint density at radius 1 is 0.585 bits per heavy atom. The molecule has 0 aromatic carbocycles. The van der Waals surface area contributed by atoms with Gasteiger partial charge in [-0.1, -0.05) is 147 Å². The van der Waals surface area contributed by atoms with Crippen LogP contribution in [0.4, 0.5) is 0 Å². The van der Waals surface area contributed by atoms with Crippen LogP contribution in [0.15, 0.2) is 24.3 Å². The Kier molecular flexibility index (Phi) is 37.6. The molecule has 3 unspecified atom stereocenters. The van der Waals surface area contributed by atoms with Crippen molar-refractivity contribution in [1.82, 2.24) is 0 Å². The van der Waals surface area contributed by atoms with E-state index in [0.717, 1.165) is 57.8 Å². The number of unbranched alkanes of at least 4 members (excludes halogenated alkanes) is 23. The maximum Gasteiger partial charge on any atom is 0.472 e. The van der Waals surface area contributed by atoms with Gasteiger partial charge in [0.05, 0.1) is 19.8 Å². The van der Waals surface area contributed by atoms with E-state index < -0.39 is 45.1 Å². The molecule has 0 aromatic heterocycles. The molecule has 0 saturated carbocycles. The fourth-order valence-electron chi connectivity index (χ4n) is 5.83. The molecule has 0 aromatic rings. The fourth-order valence-corrected chi connectivity index (χ4v) is 6.61. The number of aliphatic carboxylic acids is 1. The average molecular weight is 774 g/mol. The molecule has 0 aliphatic rings. The number of hydrogen-bond acceptors (Lipinski definition) is 8. The standard InChI is InChI=1S/C42H80NO9P/c1-3-5-7-9-11-13-15-17-19-21-23-25-27-29-31-33-35-49-36-39(37-50-53(47,48)51-38-40(43)42(45)46)52-41(44)34-32-30-28-26-24-22-20-18-16-14-12-10-8-6-4-2/h17-20,39-40H,3-16,21-38,43H2,1-2H3,(H,45,46)(H,47,48)/b19-17-,20-18-. The van der Waals surface area contributed by atoms with Gasteiger partial charge in [-0.3, -0.25) is 18.6 Å². The number of rotatable bonds is 41. The van der Waals surface area contributed by atoms with Crippen LogP contribution in [-0.4, -0.2) is 60.5 Å². The highest BCUT2D eigenvalue weighted by molar-refractivity contribution is 7.47. The number of esters is 1. The van der Waals surface area contributed by atoms with Crippen molar-refractivity contribution in [2.24, 2.45) is 5.73 Å². The van der Waals surface area contributed by atoms with E-state index in [2.05, 4.69) is 38.2 Å². The van der Waals surface area contributed by atoms with Gasteiger partial charge < -0.3 is 25.2 Å². The van der Waals surface area contributed by atoms with Crippen molar-refractivity contribution < 1.29 is 42.7 Å². The molecule has 312 valence electrons. The first-order chi connectivity index (χ1) is 25.7. The average Bonchev–Trinajstić information content (AvgIpc) is 3.13. The molecule has 11 heteroatoms. The SMILES string of the molecule is CCCCCCCC/C=C\CCCCCCCCOCC(COP(=O)(O)OCC(N)C(=O)O)OC(=O)CCCCCCC/C=C\CCCCCCCC. The molecule has 0 saturated heterocycles. The molecule has 10 nitrogen and oxygen atoms in total. The molecule has 3 atom stereocenters. The Morgan fingerprint density at radius 3 is 1.43 bits per heavy atom. The van der Waals surface area contributed by atoms with Gasteiger partial charge in [-0.2, -0.15) is 0 Å². The summed E-state index contributed by atoms with van der Waals surface area (Å²) in [6, 6.07) is -1.47. The van der Waals surface area contributed by atoms with Crippen LogP contribution in [0.1, 0.15) is 194 Å². The molecule has 0 aliphatic carbocycles. The van der Waals surface area contributed by atoms with Crippen LogP contribution in [0.2, 0.25) is 0 Å². The molecule has 4 N–H and O–H groups in total. The number of carboxylic acids is 1. The lowest BCUT2D eigenvalue weighted by molar-refractivity contribution is -0.154. The van der Waals surface area contributed by atoms with Gasteiger partial charge in [-0.25, -0.2) is 4.57 Å². The van der Waals surface area contributed by atoms with Crippen molar-refractivity contribution in [2.75, 3.05) is 26.4 Å². The molecule has 0 bridgehead atoms. The van der Waals surface area contributed by atoms with Crippen LogP contribution in [0.5, 0.6) is 0 Å².